The molecule has 11 aromatic rings. The first-order chi connectivity index (χ1) is 31.7. The number of ether oxygens (including phenoxy) is 2. The molecule has 0 spiro atoms. The van der Waals surface area contributed by atoms with E-state index in [-0.39, 0.29) is 0 Å². The zero-order valence-corrected chi connectivity index (χ0v) is 34.3. The van der Waals surface area contributed by atoms with Crippen molar-refractivity contribution in [1.82, 2.24) is 15.0 Å². The lowest BCUT2D eigenvalue weighted by atomic mass is 9.67. The van der Waals surface area contributed by atoms with Crippen LogP contribution in [0.5, 0.6) is 23.0 Å². The third kappa shape index (κ3) is 5.56. The summed E-state index contributed by atoms with van der Waals surface area (Å²) >= 11 is 0. The van der Waals surface area contributed by atoms with Gasteiger partial charge in [0, 0.05) is 21.9 Å². The van der Waals surface area contributed by atoms with Crippen molar-refractivity contribution in [2.24, 2.45) is 0 Å². The van der Waals surface area contributed by atoms with E-state index in [0.29, 0.717) is 40.5 Å². The van der Waals surface area contributed by atoms with E-state index in [4.69, 9.17) is 28.8 Å². The molecule has 2 aromatic heterocycles. The molecule has 1 aliphatic carbocycles. The van der Waals surface area contributed by atoms with Gasteiger partial charge in [0.25, 0.3) is 0 Å². The summed E-state index contributed by atoms with van der Waals surface area (Å²) in [5, 5.41) is 2.08. The predicted octanol–water partition coefficient (Wildman–Crippen LogP) is 14.7. The van der Waals surface area contributed by atoms with Gasteiger partial charge in [-0.2, -0.15) is 0 Å². The molecule has 2 aliphatic rings. The molecule has 0 N–H and O–H groups in total. The summed E-state index contributed by atoms with van der Waals surface area (Å²) in [5.41, 5.74) is 12.8. The Balaban J connectivity index is 0.929. The summed E-state index contributed by atoms with van der Waals surface area (Å²) in [4.78, 5) is 15.3. The number of rotatable bonds is 6. The average molecular weight is 822 g/mol. The number of furan rings is 1. The zero-order chi connectivity index (χ0) is 42.2. The predicted molar refractivity (Wildman–Crippen MR) is 253 cm³/mol. The summed E-state index contributed by atoms with van der Waals surface area (Å²) in [6.07, 6.45) is 0. The minimum absolute atomic E-state index is 0.550. The minimum atomic E-state index is -0.624. The summed E-state index contributed by atoms with van der Waals surface area (Å²) in [5.74, 6) is 4.52. The number of aromatic nitrogens is 3. The molecule has 0 bridgehead atoms. The largest absolute Gasteiger partial charge is 0.455 e. The van der Waals surface area contributed by atoms with Crippen LogP contribution in [0.1, 0.15) is 22.3 Å². The van der Waals surface area contributed by atoms with Crippen molar-refractivity contribution >= 4 is 21.9 Å². The number of para-hydroxylation sites is 4. The van der Waals surface area contributed by atoms with Crippen LogP contribution in [0.25, 0.3) is 78.4 Å². The van der Waals surface area contributed by atoms with Crippen LogP contribution < -0.4 is 9.47 Å². The molecule has 1 aliphatic heterocycles. The molecule has 6 heteroatoms. The van der Waals surface area contributed by atoms with Gasteiger partial charge in [-0.05, 0) is 87.0 Å². The zero-order valence-electron chi connectivity index (χ0n) is 34.3. The molecule has 0 unspecified atom stereocenters. The van der Waals surface area contributed by atoms with Gasteiger partial charge < -0.3 is 13.9 Å². The van der Waals surface area contributed by atoms with Crippen molar-refractivity contribution < 1.29 is 13.9 Å². The number of nitrogens with zero attached hydrogens (tertiary/aromatic N) is 3. The van der Waals surface area contributed by atoms with Crippen LogP contribution in [0, 0.1) is 0 Å². The van der Waals surface area contributed by atoms with Crippen LogP contribution in [0.15, 0.2) is 217 Å². The molecule has 0 saturated heterocycles. The first-order valence-electron chi connectivity index (χ1n) is 21.4. The summed E-state index contributed by atoms with van der Waals surface area (Å²) < 4.78 is 19.3. The van der Waals surface area contributed by atoms with Crippen molar-refractivity contribution in [2.45, 2.75) is 5.41 Å². The van der Waals surface area contributed by atoms with Gasteiger partial charge in [0.2, 0.25) is 0 Å². The van der Waals surface area contributed by atoms with Crippen LogP contribution in [-0.4, -0.2) is 15.0 Å². The fourth-order valence-electron chi connectivity index (χ4n) is 9.80. The standard InChI is InChI=1S/C58H35N3O3/c1-2-14-37(15-3-1)55-59-56(61-57(60-55)46-22-13-21-45-44-20-6-9-25-49(44)64-54(45)46)39-17-12-16-38(34-39)36-28-30-40(31-29-36)58(47-23-7-4-18-42(47)43-19-5-8-24-48(43)58)41-32-33-52-53(35-41)63-51-27-11-10-26-50(51)62-52/h1-35H. The van der Waals surface area contributed by atoms with Crippen LogP contribution in [0.2, 0.25) is 0 Å². The van der Waals surface area contributed by atoms with Gasteiger partial charge >= 0.3 is 0 Å². The monoisotopic (exact) mass is 821 g/mol. The molecule has 64 heavy (non-hydrogen) atoms. The molecular formula is C58H35N3O3. The third-order valence-corrected chi connectivity index (χ3v) is 12.7. The van der Waals surface area contributed by atoms with Gasteiger partial charge in [0.05, 0.1) is 11.0 Å². The molecule has 13 rings (SSSR count). The highest BCUT2D eigenvalue weighted by molar-refractivity contribution is 6.09. The van der Waals surface area contributed by atoms with E-state index in [1.165, 1.54) is 22.3 Å². The van der Waals surface area contributed by atoms with Crippen LogP contribution in [-0.2, 0) is 5.41 Å². The van der Waals surface area contributed by atoms with E-state index < -0.39 is 5.41 Å². The minimum Gasteiger partial charge on any atom is -0.455 e. The summed E-state index contributed by atoms with van der Waals surface area (Å²) in [7, 11) is 0. The second-order valence-corrected chi connectivity index (χ2v) is 16.3. The van der Waals surface area contributed by atoms with Gasteiger partial charge in [-0.25, -0.2) is 15.0 Å². The Kier molecular flexibility index (Phi) is 8.02. The van der Waals surface area contributed by atoms with Gasteiger partial charge in [-0.1, -0.05) is 170 Å². The van der Waals surface area contributed by atoms with E-state index in [9.17, 15) is 0 Å². The molecule has 3 heterocycles. The Morgan fingerprint density at radius 2 is 0.875 bits per heavy atom. The van der Waals surface area contributed by atoms with E-state index in [2.05, 4.69) is 121 Å². The molecule has 0 radical (unpaired) electrons. The number of benzene rings is 9. The second-order valence-electron chi connectivity index (χ2n) is 16.3. The fourth-order valence-corrected chi connectivity index (χ4v) is 9.80. The molecule has 0 atom stereocenters. The van der Waals surface area contributed by atoms with E-state index in [0.717, 1.165) is 60.9 Å². The quantitative estimate of drug-likeness (QED) is 0.166. The van der Waals surface area contributed by atoms with Crippen molar-refractivity contribution in [1.29, 1.82) is 0 Å². The summed E-state index contributed by atoms with van der Waals surface area (Å²) in [6, 6.07) is 73.5. The van der Waals surface area contributed by atoms with Gasteiger partial charge in [0.1, 0.15) is 11.2 Å². The Hall–Kier alpha value is -8.61. The van der Waals surface area contributed by atoms with E-state index in [1.54, 1.807) is 0 Å². The van der Waals surface area contributed by atoms with Gasteiger partial charge in [-0.15, -0.1) is 0 Å². The SMILES string of the molecule is c1ccc(-c2nc(-c3cccc(-c4ccc(C5(c6ccc7c(c6)Oc6ccccc6O7)c6ccccc6-c6ccccc65)cc4)c3)nc(-c3cccc4c3oc3ccccc34)n2)cc1. The Labute approximate surface area is 368 Å². The van der Waals surface area contributed by atoms with Gasteiger partial charge in [0.15, 0.2) is 40.5 Å². The first kappa shape index (κ1) is 36.1. The Morgan fingerprint density at radius 1 is 0.328 bits per heavy atom. The lowest BCUT2D eigenvalue weighted by Gasteiger charge is -2.34. The molecule has 0 fully saturated rings. The lowest BCUT2D eigenvalue weighted by Crippen LogP contribution is -2.28. The van der Waals surface area contributed by atoms with E-state index in [1.807, 2.05) is 91.0 Å². The molecular weight excluding hydrogens is 787 g/mol. The maximum Gasteiger partial charge on any atom is 0.170 e. The topological polar surface area (TPSA) is 70.3 Å². The van der Waals surface area contributed by atoms with Crippen LogP contribution in [0.3, 0.4) is 0 Å². The van der Waals surface area contributed by atoms with Crippen LogP contribution in [0.4, 0.5) is 0 Å². The fraction of sp³-hybridized carbons (Fsp3) is 0.0172. The highest BCUT2D eigenvalue weighted by Crippen LogP contribution is 2.58. The third-order valence-electron chi connectivity index (χ3n) is 12.7. The van der Waals surface area contributed by atoms with Crippen LogP contribution >= 0.6 is 0 Å². The Morgan fingerprint density at radius 3 is 1.66 bits per heavy atom. The lowest BCUT2D eigenvalue weighted by molar-refractivity contribution is 0.359. The number of hydrogen-bond acceptors (Lipinski definition) is 6. The van der Waals surface area contributed by atoms with E-state index >= 15 is 0 Å². The van der Waals surface area contributed by atoms with Gasteiger partial charge in [-0.3, -0.25) is 0 Å². The van der Waals surface area contributed by atoms with Crippen molar-refractivity contribution in [3.8, 4) is 79.4 Å². The molecule has 0 amide bonds. The van der Waals surface area contributed by atoms with Crippen molar-refractivity contribution in [3.63, 3.8) is 0 Å². The highest BCUT2D eigenvalue weighted by atomic mass is 16.6. The maximum atomic E-state index is 6.51. The highest BCUT2D eigenvalue weighted by Gasteiger charge is 2.46. The normalized spacial score (nSPS) is 13.1. The molecule has 300 valence electrons. The van der Waals surface area contributed by atoms with Crippen molar-refractivity contribution in [3.05, 3.63) is 235 Å². The number of hydrogen-bond donors (Lipinski definition) is 0. The number of fused-ring (bicyclic) bond motifs is 8. The van der Waals surface area contributed by atoms with Crippen molar-refractivity contribution in [2.75, 3.05) is 0 Å². The second kappa shape index (κ2) is 14.2. The first-order valence-corrected chi connectivity index (χ1v) is 21.4. The maximum absolute atomic E-state index is 6.51. The smallest absolute Gasteiger partial charge is 0.170 e. The average Bonchev–Trinajstić information content (AvgIpc) is 3.90. The molecule has 6 nitrogen and oxygen atoms in total. The summed E-state index contributed by atoms with van der Waals surface area (Å²) in [6.45, 7) is 0. The molecule has 0 saturated carbocycles. The molecule has 9 aromatic carbocycles. The Bertz CT molecular complexity index is 3590.